The van der Waals surface area contributed by atoms with E-state index in [-0.39, 0.29) is 12.2 Å². The highest BCUT2D eigenvalue weighted by Gasteiger charge is 2.31. The van der Waals surface area contributed by atoms with Crippen molar-refractivity contribution in [3.63, 3.8) is 0 Å². The van der Waals surface area contributed by atoms with E-state index in [9.17, 15) is 0 Å². The molecule has 0 aliphatic heterocycles. The van der Waals surface area contributed by atoms with Crippen LogP contribution in [0.15, 0.2) is 44.8 Å². The zero-order valence-electron chi connectivity index (χ0n) is 34.0. The fourth-order valence-electron chi connectivity index (χ4n) is 8.52. The van der Waals surface area contributed by atoms with Crippen molar-refractivity contribution in [3.8, 4) is 22.6 Å². The third-order valence-corrected chi connectivity index (χ3v) is 13.9. The van der Waals surface area contributed by atoms with Crippen LogP contribution in [0.5, 0.6) is 11.5 Å². The Kier molecular flexibility index (Phi) is 11.9. The third kappa shape index (κ3) is 8.15. The van der Waals surface area contributed by atoms with Crippen LogP contribution in [0, 0.1) is 69.2 Å². The molecular formula is C46H58O6P2. The van der Waals surface area contributed by atoms with E-state index in [4.69, 9.17) is 26.5 Å². The third-order valence-electron chi connectivity index (χ3n) is 11.6. The number of hydrogen-bond acceptors (Lipinski definition) is 6. The molecule has 6 nitrogen and oxygen atoms in total. The number of rotatable bonds is 9. The van der Waals surface area contributed by atoms with Gasteiger partial charge in [-0.25, -0.2) is 0 Å². The second-order valence-electron chi connectivity index (χ2n) is 16.1. The zero-order chi connectivity index (χ0) is 38.3. The van der Waals surface area contributed by atoms with Gasteiger partial charge in [0.05, 0.1) is 12.2 Å². The van der Waals surface area contributed by atoms with Gasteiger partial charge in [-0.15, -0.1) is 0 Å². The molecule has 2 aliphatic rings. The van der Waals surface area contributed by atoms with E-state index in [0.717, 1.165) is 104 Å². The minimum Gasteiger partial charge on any atom is -0.426 e. The van der Waals surface area contributed by atoms with Gasteiger partial charge in [0.15, 0.2) is 0 Å². The summed E-state index contributed by atoms with van der Waals surface area (Å²) in [6, 6.07) is 13.2. The van der Waals surface area contributed by atoms with Crippen LogP contribution in [0.2, 0.25) is 0 Å². The van der Waals surface area contributed by atoms with Gasteiger partial charge < -0.3 is 17.4 Å². The molecule has 0 radical (unpaired) electrons. The summed E-state index contributed by atoms with van der Waals surface area (Å²) in [5.74, 6) is 1.55. The average molecular weight is 769 g/mol. The quantitative estimate of drug-likeness (QED) is 0.139. The summed E-state index contributed by atoms with van der Waals surface area (Å²) >= 11 is 0. The van der Waals surface area contributed by atoms with E-state index in [1.54, 1.807) is 0 Å². The molecule has 0 amide bonds. The molecule has 5 aromatic rings. The Morgan fingerprint density at radius 2 is 0.926 bits per heavy atom. The number of benzene rings is 4. The van der Waals surface area contributed by atoms with Crippen molar-refractivity contribution in [2.45, 2.75) is 146 Å². The number of fused-ring (bicyclic) bond motifs is 3. The van der Waals surface area contributed by atoms with E-state index in [2.05, 4.69) is 106 Å². The molecule has 288 valence electrons. The Morgan fingerprint density at radius 3 is 1.39 bits per heavy atom. The molecule has 1 heterocycles. The van der Waals surface area contributed by atoms with Crippen molar-refractivity contribution >= 4 is 38.8 Å². The Hall–Kier alpha value is -3.27. The van der Waals surface area contributed by atoms with E-state index in [1.165, 1.54) is 60.8 Å². The van der Waals surface area contributed by atoms with Gasteiger partial charge in [0.2, 0.25) is 0 Å². The smallest absolute Gasteiger partial charge is 0.426 e. The lowest BCUT2D eigenvalue weighted by Gasteiger charge is -2.31. The first-order valence-electron chi connectivity index (χ1n) is 20.0. The molecule has 0 unspecified atom stereocenters. The highest BCUT2D eigenvalue weighted by Crippen LogP contribution is 2.54. The lowest BCUT2D eigenvalue weighted by Crippen LogP contribution is -2.20. The molecule has 4 aromatic carbocycles. The van der Waals surface area contributed by atoms with E-state index >= 15 is 0 Å². The van der Waals surface area contributed by atoms with Gasteiger partial charge >= 0.3 is 16.8 Å². The van der Waals surface area contributed by atoms with Crippen molar-refractivity contribution in [2.75, 3.05) is 0 Å². The predicted molar refractivity (Wildman–Crippen MR) is 225 cm³/mol. The van der Waals surface area contributed by atoms with Gasteiger partial charge in [0.1, 0.15) is 22.7 Å². The molecule has 7 rings (SSSR count). The first-order chi connectivity index (χ1) is 25.9. The van der Waals surface area contributed by atoms with Gasteiger partial charge in [-0.2, -0.15) is 0 Å². The maximum Gasteiger partial charge on any atom is 0.453 e. The summed E-state index contributed by atoms with van der Waals surface area (Å²) in [6.07, 6.45) is 11.8. The maximum atomic E-state index is 7.13. The van der Waals surface area contributed by atoms with Crippen LogP contribution >= 0.6 is 16.8 Å². The molecule has 0 atom stereocenters. The van der Waals surface area contributed by atoms with Crippen LogP contribution in [0.1, 0.15) is 120 Å². The molecule has 0 spiro atoms. The normalized spacial score (nSPS) is 15.8. The van der Waals surface area contributed by atoms with E-state index < -0.39 is 16.8 Å². The van der Waals surface area contributed by atoms with Gasteiger partial charge in [-0.05, 0) is 163 Å². The molecule has 54 heavy (non-hydrogen) atoms. The van der Waals surface area contributed by atoms with Crippen LogP contribution in [0.4, 0.5) is 0 Å². The van der Waals surface area contributed by atoms with Crippen molar-refractivity contribution in [1.29, 1.82) is 0 Å². The molecule has 8 heteroatoms. The molecule has 1 aromatic heterocycles. The second kappa shape index (κ2) is 16.4. The van der Waals surface area contributed by atoms with Crippen LogP contribution in [0.3, 0.4) is 0 Å². The molecule has 0 saturated heterocycles. The first kappa shape index (κ1) is 39.0. The van der Waals surface area contributed by atoms with Crippen molar-refractivity contribution in [3.05, 3.63) is 92.0 Å². The van der Waals surface area contributed by atoms with E-state index in [1.807, 2.05) is 0 Å². The summed E-state index contributed by atoms with van der Waals surface area (Å²) in [4.78, 5) is 0. The minimum absolute atomic E-state index is 0.156. The van der Waals surface area contributed by atoms with Crippen molar-refractivity contribution in [1.82, 2.24) is 0 Å². The van der Waals surface area contributed by atoms with Gasteiger partial charge in [-0.3, -0.25) is 9.05 Å². The minimum atomic E-state index is -1.91. The fourth-order valence-corrected chi connectivity index (χ4v) is 11.2. The highest BCUT2D eigenvalue weighted by molar-refractivity contribution is 7.42. The monoisotopic (exact) mass is 768 g/mol. The van der Waals surface area contributed by atoms with Crippen LogP contribution in [-0.2, 0) is 9.05 Å². The predicted octanol–water partition coefficient (Wildman–Crippen LogP) is 15.2. The van der Waals surface area contributed by atoms with Gasteiger partial charge in [0.25, 0.3) is 0 Å². The zero-order valence-corrected chi connectivity index (χ0v) is 35.8. The van der Waals surface area contributed by atoms with Crippen molar-refractivity contribution in [2.24, 2.45) is 0 Å². The van der Waals surface area contributed by atoms with Crippen LogP contribution in [0.25, 0.3) is 33.1 Å². The summed E-state index contributed by atoms with van der Waals surface area (Å²) in [6.45, 7) is 21.5. The highest BCUT2D eigenvalue weighted by atomic mass is 31.2. The van der Waals surface area contributed by atoms with E-state index in [0.29, 0.717) is 0 Å². The Balaban J connectivity index is 1.40. The first-order valence-corrected chi connectivity index (χ1v) is 22.2. The Labute approximate surface area is 324 Å². The number of hydrogen-bond donors (Lipinski definition) is 0. The molecule has 2 saturated carbocycles. The lowest BCUT2D eigenvalue weighted by molar-refractivity contribution is 0.0801. The summed E-state index contributed by atoms with van der Waals surface area (Å²) in [5, 5.41) is 2.06. The number of aryl methyl sites for hydroxylation is 8. The largest absolute Gasteiger partial charge is 0.453 e. The topological polar surface area (TPSA) is 63.2 Å². The average Bonchev–Trinajstić information content (AvgIpc) is 3.28. The standard InChI is InChI=1S/C46H58O6P2/c1-27-21-31(5)43-39(23-27)40-24-28(2)22-32(6)44(40)50-54(49-43)52-46-34(8)26-30(4)36(10)42(46)41-35(9)29(3)25-33(7)45(41)51-53(47-37-17-13-11-14-18-37)48-38-19-15-12-16-20-38/h21-26,37-38H,11-20H2,1-10H3. The lowest BCUT2D eigenvalue weighted by atomic mass is 9.87. The Morgan fingerprint density at radius 1 is 0.500 bits per heavy atom. The van der Waals surface area contributed by atoms with Crippen LogP contribution < -0.4 is 9.05 Å². The van der Waals surface area contributed by atoms with Gasteiger partial charge in [0, 0.05) is 21.9 Å². The molecule has 0 N–H and O–H groups in total. The second-order valence-corrected chi connectivity index (χ2v) is 18.2. The fraction of sp³-hybridized carbons (Fsp3) is 0.478. The molecule has 2 fully saturated rings. The summed E-state index contributed by atoms with van der Waals surface area (Å²) < 4.78 is 41.5. The van der Waals surface area contributed by atoms with Crippen LogP contribution in [-0.4, -0.2) is 12.2 Å². The maximum absolute atomic E-state index is 7.13. The summed E-state index contributed by atoms with van der Waals surface area (Å²) in [7, 11) is -3.54. The SMILES string of the molecule is Cc1cc(C)c2op(Oc3c(C)cc(C)c(C)c3-c3c(C)c(C)cc(C)c3OP(OC3CCCCC3)OC3CCCCC3)oc3c(C)cc(C)cc3c2c1. The Bertz CT molecular complexity index is 2140. The summed E-state index contributed by atoms with van der Waals surface area (Å²) in [5.41, 5.74) is 14.8. The molecule has 2 aliphatic carbocycles. The molecule has 0 bridgehead atoms. The van der Waals surface area contributed by atoms with Crippen molar-refractivity contribution < 1.29 is 26.5 Å². The molecular weight excluding hydrogens is 710 g/mol. The van der Waals surface area contributed by atoms with Gasteiger partial charge in [-0.1, -0.05) is 62.8 Å².